The van der Waals surface area contributed by atoms with Crippen LogP contribution in [-0.2, 0) is 4.79 Å². The van der Waals surface area contributed by atoms with E-state index in [1.807, 2.05) is 43.9 Å². The van der Waals surface area contributed by atoms with Gasteiger partial charge in [0, 0.05) is 43.9 Å². The summed E-state index contributed by atoms with van der Waals surface area (Å²) in [6.07, 6.45) is 0. The number of anilines is 1. The van der Waals surface area contributed by atoms with E-state index in [1.54, 1.807) is 0 Å². The van der Waals surface area contributed by atoms with Crippen LogP contribution in [0.2, 0.25) is 0 Å². The van der Waals surface area contributed by atoms with E-state index in [9.17, 15) is 4.79 Å². The molecule has 0 atom stereocenters. The van der Waals surface area contributed by atoms with Crippen molar-refractivity contribution in [2.75, 3.05) is 37.7 Å². The highest BCUT2D eigenvalue weighted by Gasteiger charge is 2.23. The summed E-state index contributed by atoms with van der Waals surface area (Å²) < 4.78 is 5.73. The van der Waals surface area contributed by atoms with Gasteiger partial charge in [-0.05, 0) is 44.0 Å². The summed E-state index contributed by atoms with van der Waals surface area (Å²) in [7, 11) is 0. The van der Waals surface area contributed by atoms with Crippen LogP contribution < -0.4 is 9.64 Å². The Balaban J connectivity index is 1.55. The number of amides is 1. The van der Waals surface area contributed by atoms with Crippen LogP contribution in [0.1, 0.15) is 42.4 Å². The van der Waals surface area contributed by atoms with Gasteiger partial charge in [0.1, 0.15) is 17.4 Å². The Morgan fingerprint density at radius 2 is 1.64 bits per heavy atom. The van der Waals surface area contributed by atoms with Gasteiger partial charge >= 0.3 is 0 Å². The fourth-order valence-electron chi connectivity index (χ4n) is 3.43. The third-order valence-corrected chi connectivity index (χ3v) is 4.89. The van der Waals surface area contributed by atoms with E-state index in [2.05, 4.69) is 29.8 Å². The van der Waals surface area contributed by atoms with E-state index >= 15 is 0 Å². The van der Waals surface area contributed by atoms with Crippen molar-refractivity contribution in [3.8, 4) is 5.75 Å². The first-order valence-corrected chi connectivity index (χ1v) is 9.91. The van der Waals surface area contributed by atoms with E-state index in [0.717, 1.165) is 47.3 Å². The molecule has 3 rings (SSSR count). The highest BCUT2D eigenvalue weighted by atomic mass is 16.5. The molecule has 6 nitrogen and oxygen atoms in total. The number of hydrogen-bond donors (Lipinski definition) is 0. The molecule has 1 saturated heterocycles. The number of rotatable bonds is 5. The van der Waals surface area contributed by atoms with Crippen molar-refractivity contribution in [3.05, 3.63) is 46.9 Å². The summed E-state index contributed by atoms with van der Waals surface area (Å²) in [5.41, 5.74) is 3.25. The Morgan fingerprint density at radius 3 is 2.25 bits per heavy atom. The maximum absolute atomic E-state index is 12.5. The van der Waals surface area contributed by atoms with Crippen LogP contribution >= 0.6 is 0 Å². The van der Waals surface area contributed by atoms with Crippen molar-refractivity contribution in [3.63, 3.8) is 0 Å². The summed E-state index contributed by atoms with van der Waals surface area (Å²) in [6, 6.07) is 8.03. The van der Waals surface area contributed by atoms with E-state index in [0.29, 0.717) is 19.0 Å². The zero-order chi connectivity index (χ0) is 20.3. The lowest BCUT2D eigenvalue weighted by Gasteiger charge is -2.35. The van der Waals surface area contributed by atoms with E-state index < -0.39 is 0 Å². The van der Waals surface area contributed by atoms with E-state index in [-0.39, 0.29) is 12.5 Å². The van der Waals surface area contributed by atoms with E-state index in [1.165, 1.54) is 0 Å². The predicted octanol–water partition coefficient (Wildman–Crippen LogP) is 3.25. The van der Waals surface area contributed by atoms with Crippen molar-refractivity contribution in [2.24, 2.45) is 0 Å². The summed E-state index contributed by atoms with van der Waals surface area (Å²) in [6.45, 7) is 13.2. The van der Waals surface area contributed by atoms with Gasteiger partial charge < -0.3 is 14.5 Å². The molecule has 0 saturated carbocycles. The third-order valence-electron chi connectivity index (χ3n) is 4.89. The molecule has 150 valence electrons. The average molecular weight is 383 g/mol. The maximum atomic E-state index is 12.5. The number of aromatic nitrogens is 2. The van der Waals surface area contributed by atoms with Crippen LogP contribution in [0.15, 0.2) is 24.3 Å². The van der Waals surface area contributed by atoms with Gasteiger partial charge in [0.25, 0.3) is 5.91 Å². The van der Waals surface area contributed by atoms with Gasteiger partial charge in [-0.15, -0.1) is 0 Å². The highest BCUT2D eigenvalue weighted by molar-refractivity contribution is 5.78. The van der Waals surface area contributed by atoms with Crippen molar-refractivity contribution in [1.82, 2.24) is 14.9 Å². The molecule has 0 radical (unpaired) electrons. The minimum atomic E-state index is 0.0283. The molecule has 1 fully saturated rings. The molecule has 0 aliphatic carbocycles. The third kappa shape index (κ3) is 5.00. The molecule has 0 spiro atoms. The highest BCUT2D eigenvalue weighted by Crippen LogP contribution is 2.19. The number of aryl methyl sites for hydroxylation is 3. The minimum absolute atomic E-state index is 0.0283. The van der Waals surface area contributed by atoms with Crippen molar-refractivity contribution < 1.29 is 9.53 Å². The number of benzene rings is 1. The molecule has 1 aliphatic rings. The molecule has 1 aromatic heterocycles. The second-order valence-electron chi connectivity index (χ2n) is 7.86. The van der Waals surface area contributed by atoms with E-state index in [4.69, 9.17) is 9.72 Å². The topological polar surface area (TPSA) is 58.6 Å². The second kappa shape index (κ2) is 8.59. The molecule has 2 aromatic rings. The quantitative estimate of drug-likeness (QED) is 0.794. The smallest absolute Gasteiger partial charge is 0.260 e. The van der Waals surface area contributed by atoms with Crippen molar-refractivity contribution in [2.45, 2.75) is 40.5 Å². The Bertz CT molecular complexity index is 822. The van der Waals surface area contributed by atoms with Crippen molar-refractivity contribution in [1.29, 1.82) is 0 Å². The van der Waals surface area contributed by atoms with Gasteiger partial charge in [0.05, 0.1) is 0 Å². The largest absolute Gasteiger partial charge is 0.484 e. The summed E-state index contributed by atoms with van der Waals surface area (Å²) >= 11 is 0. The summed E-state index contributed by atoms with van der Waals surface area (Å²) in [5.74, 6) is 2.90. The molecule has 0 unspecified atom stereocenters. The first kappa shape index (κ1) is 20.1. The standard InChI is InChI=1S/C22H30N4O2/c1-15(2)22-23-18(5)13-20(24-22)25-6-8-26(9-7-25)21(27)14-28-19-11-16(3)10-17(4)12-19/h10-13,15H,6-9,14H2,1-5H3. The zero-order valence-electron chi connectivity index (χ0n) is 17.5. The monoisotopic (exact) mass is 382 g/mol. The Morgan fingerprint density at radius 1 is 1.00 bits per heavy atom. The molecule has 0 N–H and O–H groups in total. The molecule has 6 heteroatoms. The van der Waals surface area contributed by atoms with Crippen molar-refractivity contribution >= 4 is 11.7 Å². The molecule has 28 heavy (non-hydrogen) atoms. The van der Waals surface area contributed by atoms with Crippen LogP contribution in [0.3, 0.4) is 0 Å². The molecule has 1 amide bonds. The van der Waals surface area contributed by atoms with Crippen LogP contribution in [0.4, 0.5) is 5.82 Å². The second-order valence-corrected chi connectivity index (χ2v) is 7.86. The number of piperazine rings is 1. The molecule has 1 aromatic carbocycles. The summed E-state index contributed by atoms with van der Waals surface area (Å²) in [5, 5.41) is 0. The van der Waals surface area contributed by atoms with Gasteiger partial charge in [-0.25, -0.2) is 9.97 Å². The molecule has 2 heterocycles. The number of carbonyl (C=O) groups is 1. The lowest BCUT2D eigenvalue weighted by molar-refractivity contribution is -0.133. The Hall–Kier alpha value is -2.63. The molecular formula is C22H30N4O2. The molecular weight excluding hydrogens is 352 g/mol. The Labute approximate surface area is 167 Å². The van der Waals surface area contributed by atoms with Crippen LogP contribution in [0.5, 0.6) is 5.75 Å². The fourth-order valence-corrected chi connectivity index (χ4v) is 3.43. The fraction of sp³-hybridized carbons (Fsp3) is 0.500. The lowest BCUT2D eigenvalue weighted by atomic mass is 10.1. The van der Waals surface area contributed by atoms with Gasteiger partial charge in [-0.3, -0.25) is 4.79 Å². The molecule has 1 aliphatic heterocycles. The first-order valence-electron chi connectivity index (χ1n) is 9.91. The SMILES string of the molecule is Cc1cc(C)cc(OCC(=O)N2CCN(c3cc(C)nc(C(C)C)n3)CC2)c1. The summed E-state index contributed by atoms with van der Waals surface area (Å²) in [4.78, 5) is 25.9. The zero-order valence-corrected chi connectivity index (χ0v) is 17.5. The van der Waals surface area contributed by atoms with Gasteiger partial charge in [0.2, 0.25) is 0 Å². The number of ether oxygens (including phenoxy) is 1. The maximum Gasteiger partial charge on any atom is 0.260 e. The lowest BCUT2D eigenvalue weighted by Crippen LogP contribution is -2.50. The average Bonchev–Trinajstić information content (AvgIpc) is 2.65. The first-order chi connectivity index (χ1) is 13.3. The molecule has 0 bridgehead atoms. The Kier molecular flexibility index (Phi) is 6.17. The normalized spacial score (nSPS) is 14.5. The number of nitrogens with zero attached hydrogens (tertiary/aromatic N) is 4. The minimum Gasteiger partial charge on any atom is -0.484 e. The van der Waals surface area contributed by atoms with Gasteiger partial charge in [0.15, 0.2) is 6.61 Å². The van der Waals surface area contributed by atoms with Gasteiger partial charge in [-0.1, -0.05) is 19.9 Å². The number of carbonyl (C=O) groups excluding carboxylic acids is 1. The predicted molar refractivity (Wildman–Crippen MR) is 111 cm³/mol. The van der Waals surface area contributed by atoms with Crippen LogP contribution in [0.25, 0.3) is 0 Å². The van der Waals surface area contributed by atoms with Crippen LogP contribution in [0, 0.1) is 20.8 Å². The number of hydrogen-bond acceptors (Lipinski definition) is 5. The van der Waals surface area contributed by atoms with Crippen LogP contribution in [-0.4, -0.2) is 53.6 Å². The van der Waals surface area contributed by atoms with Gasteiger partial charge in [-0.2, -0.15) is 0 Å².